The van der Waals surface area contributed by atoms with Crippen molar-refractivity contribution < 1.29 is 19.4 Å². The van der Waals surface area contributed by atoms with Crippen LogP contribution in [0.15, 0.2) is 29.1 Å². The molecule has 4 rings (SSSR count). The zero-order chi connectivity index (χ0) is 19.3. The van der Waals surface area contributed by atoms with E-state index in [1.165, 1.54) is 0 Å². The van der Waals surface area contributed by atoms with Crippen LogP contribution in [0.4, 0.5) is 0 Å². The van der Waals surface area contributed by atoms with Crippen LogP contribution in [0.25, 0.3) is 22.2 Å². The Kier molecular flexibility index (Phi) is 3.87. The number of nitrogens with one attached hydrogen (secondary N) is 1. The fourth-order valence-corrected chi connectivity index (χ4v) is 3.75. The zero-order valence-electron chi connectivity index (χ0n) is 15.0. The molecule has 1 aliphatic heterocycles. The molecule has 3 heterocycles. The second-order valence-corrected chi connectivity index (χ2v) is 6.51. The quantitative estimate of drug-likeness (QED) is 0.694. The number of fused-ring (bicyclic) bond motifs is 3. The third kappa shape index (κ3) is 2.46. The van der Waals surface area contributed by atoms with Crippen LogP contribution >= 0.6 is 0 Å². The summed E-state index contributed by atoms with van der Waals surface area (Å²) >= 11 is 0. The second kappa shape index (κ2) is 6.12. The minimum atomic E-state index is -0.888. The van der Waals surface area contributed by atoms with Crippen molar-refractivity contribution in [2.45, 2.75) is 26.2 Å². The van der Waals surface area contributed by atoms with Crippen LogP contribution in [0, 0.1) is 0 Å². The summed E-state index contributed by atoms with van der Waals surface area (Å²) in [7, 11) is 1.15. The number of benzene rings is 1. The van der Waals surface area contributed by atoms with Crippen LogP contribution in [0.1, 0.15) is 39.8 Å². The van der Waals surface area contributed by atoms with Gasteiger partial charge in [-0.2, -0.15) is 0 Å². The van der Waals surface area contributed by atoms with E-state index in [1.54, 1.807) is 4.57 Å². The fraction of sp³-hybridized carbons (Fsp3) is 0.250. The van der Waals surface area contributed by atoms with Gasteiger partial charge in [-0.05, 0) is 25.0 Å². The lowest BCUT2D eigenvalue weighted by Crippen LogP contribution is -2.21. The Morgan fingerprint density at radius 3 is 2.74 bits per heavy atom. The van der Waals surface area contributed by atoms with E-state index in [0.29, 0.717) is 36.1 Å². The van der Waals surface area contributed by atoms with Crippen molar-refractivity contribution in [3.05, 3.63) is 51.4 Å². The number of hydrogen-bond donors (Lipinski definition) is 2. The summed E-state index contributed by atoms with van der Waals surface area (Å²) < 4.78 is 6.29. The van der Waals surface area contributed by atoms with Crippen molar-refractivity contribution in [3.63, 3.8) is 0 Å². The first kappa shape index (κ1) is 17.1. The highest BCUT2D eigenvalue weighted by Crippen LogP contribution is 2.33. The average Bonchev–Trinajstić information content (AvgIpc) is 3.20. The van der Waals surface area contributed by atoms with Crippen LogP contribution in [-0.2, 0) is 17.6 Å². The third-order valence-corrected chi connectivity index (χ3v) is 5.05. The number of carbonyl (C=O) groups excluding carboxylic acids is 2. The molecule has 2 N–H and O–H groups in total. The number of aromatic nitrogens is 2. The number of methoxy groups -OCH3 is 1. The summed E-state index contributed by atoms with van der Waals surface area (Å²) in [6.07, 6.45) is 1.60. The zero-order valence-corrected chi connectivity index (χ0v) is 15.0. The maximum atomic E-state index is 12.4. The molecule has 1 aromatic carbocycles. The standard InChI is InChI=1S/C20H18N2O5/c1-3-13-17(21-19(25)16(18(13)24)20(26)27-2)11-5-4-10-8-12-6-7-15(23)22(12)14(10)9-11/h4-5,8-9H,3,6-7H2,1-2H3,(H2,21,24,25). The Balaban J connectivity index is 1.96. The topological polar surface area (TPSA) is 101 Å². The maximum absolute atomic E-state index is 12.4. The number of H-pyrrole nitrogens is 1. The summed E-state index contributed by atoms with van der Waals surface area (Å²) in [5, 5.41) is 11.4. The molecule has 0 spiro atoms. The molecule has 0 saturated carbocycles. The Morgan fingerprint density at radius 2 is 2.04 bits per heavy atom. The normalized spacial score (nSPS) is 13.2. The minimum absolute atomic E-state index is 0.0465. The molecule has 27 heavy (non-hydrogen) atoms. The van der Waals surface area contributed by atoms with Crippen molar-refractivity contribution in [3.8, 4) is 17.0 Å². The van der Waals surface area contributed by atoms with Crippen molar-refractivity contribution in [2.24, 2.45) is 0 Å². The molecule has 138 valence electrons. The van der Waals surface area contributed by atoms with Gasteiger partial charge in [-0.15, -0.1) is 0 Å². The molecule has 7 nitrogen and oxygen atoms in total. The number of rotatable bonds is 3. The number of pyridine rings is 1. The van der Waals surface area contributed by atoms with E-state index in [4.69, 9.17) is 0 Å². The predicted octanol–water partition coefficient (Wildman–Crippen LogP) is 2.64. The number of ether oxygens (including phenoxy) is 1. The highest BCUT2D eigenvalue weighted by molar-refractivity contribution is 5.98. The highest BCUT2D eigenvalue weighted by atomic mass is 16.5. The van der Waals surface area contributed by atoms with Crippen LogP contribution in [-0.4, -0.2) is 33.6 Å². The van der Waals surface area contributed by atoms with E-state index in [0.717, 1.165) is 23.7 Å². The monoisotopic (exact) mass is 366 g/mol. The van der Waals surface area contributed by atoms with Gasteiger partial charge in [0.1, 0.15) is 5.75 Å². The van der Waals surface area contributed by atoms with E-state index >= 15 is 0 Å². The minimum Gasteiger partial charge on any atom is -0.506 e. The number of carbonyl (C=O) groups is 2. The summed E-state index contributed by atoms with van der Waals surface area (Å²) in [4.78, 5) is 39.1. The predicted molar refractivity (Wildman–Crippen MR) is 99.3 cm³/mol. The van der Waals surface area contributed by atoms with Gasteiger partial charge in [0.05, 0.1) is 18.3 Å². The molecule has 2 aromatic heterocycles. The molecular formula is C20H18N2O5. The maximum Gasteiger partial charge on any atom is 0.347 e. The number of hydrogen-bond acceptors (Lipinski definition) is 5. The molecule has 0 unspecified atom stereocenters. The molecule has 0 saturated heterocycles. The van der Waals surface area contributed by atoms with Crippen LogP contribution in [0.2, 0.25) is 0 Å². The van der Waals surface area contributed by atoms with Gasteiger partial charge in [-0.1, -0.05) is 19.1 Å². The van der Waals surface area contributed by atoms with Crippen molar-refractivity contribution >= 4 is 22.8 Å². The van der Waals surface area contributed by atoms with E-state index in [9.17, 15) is 19.5 Å². The number of aromatic hydroxyl groups is 1. The molecule has 3 aromatic rings. The van der Waals surface area contributed by atoms with E-state index in [2.05, 4.69) is 9.72 Å². The third-order valence-electron chi connectivity index (χ3n) is 5.05. The van der Waals surface area contributed by atoms with E-state index < -0.39 is 17.1 Å². The van der Waals surface area contributed by atoms with Gasteiger partial charge >= 0.3 is 5.97 Å². The fourth-order valence-electron chi connectivity index (χ4n) is 3.75. The lowest BCUT2D eigenvalue weighted by Gasteiger charge is -2.13. The molecule has 0 fully saturated rings. The Hall–Kier alpha value is -3.35. The Morgan fingerprint density at radius 1 is 1.26 bits per heavy atom. The first-order valence-electron chi connectivity index (χ1n) is 8.70. The average molecular weight is 366 g/mol. The Bertz CT molecular complexity index is 1170. The second-order valence-electron chi connectivity index (χ2n) is 6.51. The molecule has 0 aliphatic carbocycles. The number of aromatic amines is 1. The van der Waals surface area contributed by atoms with E-state index in [1.807, 2.05) is 31.2 Å². The summed E-state index contributed by atoms with van der Waals surface area (Å²) in [5.74, 6) is -1.22. The largest absolute Gasteiger partial charge is 0.506 e. The van der Waals surface area contributed by atoms with Gasteiger partial charge in [0.25, 0.3) is 5.56 Å². The molecule has 1 aliphatic rings. The van der Waals surface area contributed by atoms with Crippen molar-refractivity contribution in [1.82, 2.24) is 9.55 Å². The van der Waals surface area contributed by atoms with Crippen LogP contribution in [0.3, 0.4) is 0 Å². The van der Waals surface area contributed by atoms with Gasteiger partial charge in [-0.25, -0.2) is 4.79 Å². The molecule has 0 amide bonds. The highest BCUT2D eigenvalue weighted by Gasteiger charge is 2.25. The molecule has 0 atom stereocenters. The van der Waals surface area contributed by atoms with Crippen molar-refractivity contribution in [1.29, 1.82) is 0 Å². The molecular weight excluding hydrogens is 348 g/mol. The van der Waals surface area contributed by atoms with Gasteiger partial charge in [-0.3, -0.25) is 14.2 Å². The van der Waals surface area contributed by atoms with Gasteiger partial charge in [0.15, 0.2) is 5.56 Å². The SMILES string of the molecule is CCc1c(-c2ccc3cc4n(c3c2)C(=O)CC4)[nH]c(=O)c(C(=O)OC)c1O. The van der Waals surface area contributed by atoms with E-state index in [-0.39, 0.29) is 11.7 Å². The first-order valence-corrected chi connectivity index (χ1v) is 8.70. The first-order chi connectivity index (χ1) is 13.0. The van der Waals surface area contributed by atoms with Crippen LogP contribution < -0.4 is 5.56 Å². The molecule has 0 radical (unpaired) electrons. The number of aryl methyl sites for hydroxylation is 1. The van der Waals surface area contributed by atoms with Gasteiger partial charge in [0, 0.05) is 28.6 Å². The number of esters is 1. The van der Waals surface area contributed by atoms with Gasteiger partial charge in [0.2, 0.25) is 5.91 Å². The smallest absolute Gasteiger partial charge is 0.347 e. The molecule has 7 heteroatoms. The molecule has 0 bridgehead atoms. The lowest BCUT2D eigenvalue weighted by molar-refractivity contribution is 0.0595. The number of nitrogens with zero attached hydrogens (tertiary/aromatic N) is 1. The van der Waals surface area contributed by atoms with Crippen LogP contribution in [0.5, 0.6) is 5.75 Å². The Labute approximate surface area is 154 Å². The summed E-state index contributed by atoms with van der Waals surface area (Å²) in [6, 6.07) is 7.52. The van der Waals surface area contributed by atoms with Crippen molar-refractivity contribution in [2.75, 3.05) is 7.11 Å². The lowest BCUT2D eigenvalue weighted by atomic mass is 9.99. The summed E-state index contributed by atoms with van der Waals surface area (Å²) in [5.41, 5.74) is 2.14. The summed E-state index contributed by atoms with van der Waals surface area (Å²) in [6.45, 7) is 1.81. The van der Waals surface area contributed by atoms with Gasteiger partial charge < -0.3 is 14.8 Å².